The zero-order valence-electron chi connectivity index (χ0n) is 18.4. The molecule has 1 aromatic rings. The van der Waals surface area contributed by atoms with Gasteiger partial charge >= 0.3 is 12.1 Å². The van der Waals surface area contributed by atoms with Crippen molar-refractivity contribution in [1.82, 2.24) is 10.2 Å². The van der Waals surface area contributed by atoms with Crippen LogP contribution in [0.5, 0.6) is 0 Å². The molecule has 170 valence electrons. The van der Waals surface area contributed by atoms with Gasteiger partial charge in [-0.3, -0.25) is 4.79 Å². The molecule has 3 rings (SSSR count). The Morgan fingerprint density at radius 3 is 2.52 bits per heavy atom. The van der Waals surface area contributed by atoms with E-state index >= 15 is 0 Å². The second-order valence-corrected chi connectivity index (χ2v) is 9.25. The zero-order chi connectivity index (χ0) is 22.6. The van der Waals surface area contributed by atoms with Crippen molar-refractivity contribution in [3.05, 3.63) is 35.9 Å². The summed E-state index contributed by atoms with van der Waals surface area (Å²) in [5.74, 6) is -0.798. The summed E-state index contributed by atoms with van der Waals surface area (Å²) in [7, 11) is 0. The summed E-state index contributed by atoms with van der Waals surface area (Å²) in [6, 6.07) is 7.49. The molecule has 1 aromatic carbocycles. The maximum atomic E-state index is 13.3. The summed E-state index contributed by atoms with van der Waals surface area (Å²) in [5, 5.41) is 13.0. The number of benzene rings is 1. The molecule has 2 N–H and O–H groups in total. The van der Waals surface area contributed by atoms with Gasteiger partial charge in [-0.1, -0.05) is 30.3 Å². The summed E-state index contributed by atoms with van der Waals surface area (Å²) in [6.07, 6.45) is 0.840. The number of carbonyl (C=O) groups excluding carboxylic acids is 3. The van der Waals surface area contributed by atoms with Gasteiger partial charge in [-0.05, 0) is 58.4 Å². The Labute approximate surface area is 182 Å². The van der Waals surface area contributed by atoms with E-state index in [0.717, 1.165) is 5.56 Å². The molecule has 0 radical (unpaired) electrons. The molecule has 2 aliphatic rings. The Kier molecular flexibility index (Phi) is 7.20. The van der Waals surface area contributed by atoms with Gasteiger partial charge in [0, 0.05) is 6.04 Å². The highest BCUT2D eigenvalue weighted by molar-refractivity contribution is 5.90. The number of esters is 1. The predicted octanol–water partition coefficient (Wildman–Crippen LogP) is 2.53. The van der Waals surface area contributed by atoms with E-state index in [9.17, 15) is 19.5 Å². The Balaban J connectivity index is 1.71. The minimum Gasteiger partial charge on any atom is -0.459 e. The van der Waals surface area contributed by atoms with Crippen LogP contribution in [0.1, 0.15) is 58.4 Å². The number of hydrogen-bond donors (Lipinski definition) is 2. The van der Waals surface area contributed by atoms with Crippen LogP contribution in [0.4, 0.5) is 4.79 Å². The van der Waals surface area contributed by atoms with E-state index < -0.39 is 35.9 Å². The molecule has 0 aromatic heterocycles. The Hall–Kier alpha value is -2.61. The second-order valence-electron chi connectivity index (χ2n) is 9.25. The van der Waals surface area contributed by atoms with Crippen molar-refractivity contribution in [2.75, 3.05) is 0 Å². The number of nitrogens with one attached hydrogen (secondary N) is 1. The Bertz CT molecular complexity index is 791. The fourth-order valence-electron chi connectivity index (χ4n) is 4.18. The smallest absolute Gasteiger partial charge is 0.408 e. The molecule has 0 saturated carbocycles. The van der Waals surface area contributed by atoms with Gasteiger partial charge < -0.3 is 24.8 Å². The van der Waals surface area contributed by atoms with Crippen LogP contribution in [-0.4, -0.2) is 57.8 Å². The van der Waals surface area contributed by atoms with Gasteiger partial charge in [0.25, 0.3) is 0 Å². The van der Waals surface area contributed by atoms with E-state index in [1.807, 2.05) is 30.3 Å². The van der Waals surface area contributed by atoms with Gasteiger partial charge in [-0.15, -0.1) is 0 Å². The van der Waals surface area contributed by atoms with Crippen LogP contribution in [-0.2, 0) is 25.7 Å². The lowest BCUT2D eigenvalue weighted by molar-refractivity contribution is -0.157. The van der Waals surface area contributed by atoms with Crippen LogP contribution >= 0.6 is 0 Å². The second kappa shape index (κ2) is 9.68. The van der Waals surface area contributed by atoms with Gasteiger partial charge in [0.05, 0.1) is 6.10 Å². The van der Waals surface area contributed by atoms with E-state index in [1.54, 1.807) is 20.8 Å². The van der Waals surface area contributed by atoms with Crippen LogP contribution in [0, 0.1) is 0 Å². The number of hydrogen-bond acceptors (Lipinski definition) is 6. The minimum absolute atomic E-state index is 0.130. The fraction of sp³-hybridized carbons (Fsp3) is 0.609. The first kappa shape index (κ1) is 23.1. The minimum atomic E-state index is -0.866. The number of carbonyl (C=O) groups is 3. The summed E-state index contributed by atoms with van der Waals surface area (Å²) in [4.78, 5) is 39.9. The molecule has 0 bridgehead atoms. The lowest BCUT2D eigenvalue weighted by atomic mass is 9.96. The third-order valence-corrected chi connectivity index (χ3v) is 5.57. The monoisotopic (exact) mass is 432 g/mol. The average molecular weight is 433 g/mol. The normalized spacial score (nSPS) is 26.5. The topological polar surface area (TPSA) is 105 Å². The number of alkyl carbamates (subject to hydrolysis) is 1. The molecule has 1 unspecified atom stereocenters. The van der Waals surface area contributed by atoms with Crippen LogP contribution in [0.3, 0.4) is 0 Å². The number of aliphatic hydroxyl groups is 1. The molecule has 31 heavy (non-hydrogen) atoms. The lowest BCUT2D eigenvalue weighted by Gasteiger charge is -2.36. The SMILES string of the molecule is CC(C)(C)OC(=O)N[C@H]1CCC(O)C[C@H]2CC[C@@H](C(=O)OCc3ccccc3)N2C1=O. The number of ether oxygens (including phenoxy) is 2. The third kappa shape index (κ3) is 6.19. The summed E-state index contributed by atoms with van der Waals surface area (Å²) < 4.78 is 10.8. The molecule has 0 spiro atoms. The maximum Gasteiger partial charge on any atom is 0.408 e. The highest BCUT2D eigenvalue weighted by atomic mass is 16.6. The van der Waals surface area contributed by atoms with Crippen molar-refractivity contribution in [2.45, 2.75) is 89.3 Å². The molecule has 4 atom stereocenters. The molecule has 8 nitrogen and oxygen atoms in total. The van der Waals surface area contributed by atoms with E-state index in [2.05, 4.69) is 5.32 Å². The highest BCUT2D eigenvalue weighted by Crippen LogP contribution is 2.32. The van der Waals surface area contributed by atoms with Gasteiger partial charge in [0.1, 0.15) is 24.3 Å². The standard InChI is InChI=1S/C23H32N2O6/c1-23(2,3)31-22(29)24-18-11-10-17(26)13-16-9-12-19(25(16)20(18)27)21(28)30-14-15-7-5-4-6-8-15/h4-8,16-19,26H,9-14H2,1-3H3,(H,24,29)/t16-,17?,18+,19+/m1/s1. The molecule has 2 fully saturated rings. The molecule has 0 aliphatic carbocycles. The molecule has 2 amide bonds. The van der Waals surface area contributed by atoms with Crippen LogP contribution < -0.4 is 5.32 Å². The first-order chi connectivity index (χ1) is 14.6. The van der Waals surface area contributed by atoms with Crippen molar-refractivity contribution in [2.24, 2.45) is 0 Å². The molecular weight excluding hydrogens is 400 g/mol. The van der Waals surface area contributed by atoms with Crippen molar-refractivity contribution in [3.8, 4) is 0 Å². The molecule has 2 saturated heterocycles. The number of amides is 2. The summed E-state index contributed by atoms with van der Waals surface area (Å²) in [6.45, 7) is 5.35. The molecule has 2 heterocycles. The number of nitrogens with zero attached hydrogens (tertiary/aromatic N) is 1. The van der Waals surface area contributed by atoms with Crippen molar-refractivity contribution < 1.29 is 29.0 Å². The van der Waals surface area contributed by atoms with Crippen LogP contribution in [0.25, 0.3) is 0 Å². The first-order valence-corrected chi connectivity index (χ1v) is 10.8. The third-order valence-electron chi connectivity index (χ3n) is 5.57. The van der Waals surface area contributed by atoms with Crippen molar-refractivity contribution in [3.63, 3.8) is 0 Å². The first-order valence-electron chi connectivity index (χ1n) is 10.8. The van der Waals surface area contributed by atoms with E-state index in [4.69, 9.17) is 9.47 Å². The van der Waals surface area contributed by atoms with E-state index in [0.29, 0.717) is 25.7 Å². The predicted molar refractivity (Wildman–Crippen MR) is 113 cm³/mol. The van der Waals surface area contributed by atoms with E-state index in [-0.39, 0.29) is 25.0 Å². The average Bonchev–Trinajstić information content (AvgIpc) is 3.10. The summed E-state index contributed by atoms with van der Waals surface area (Å²) in [5.41, 5.74) is 0.165. The highest BCUT2D eigenvalue weighted by Gasteiger charge is 2.46. The van der Waals surface area contributed by atoms with Gasteiger partial charge in [-0.2, -0.15) is 0 Å². The van der Waals surface area contributed by atoms with Crippen molar-refractivity contribution in [1.29, 1.82) is 0 Å². The largest absolute Gasteiger partial charge is 0.459 e. The lowest BCUT2D eigenvalue weighted by Crippen LogP contribution is -2.56. The van der Waals surface area contributed by atoms with Gasteiger partial charge in [-0.25, -0.2) is 9.59 Å². The van der Waals surface area contributed by atoms with E-state index in [1.165, 1.54) is 4.90 Å². The molecule has 8 heteroatoms. The van der Waals surface area contributed by atoms with Crippen molar-refractivity contribution >= 4 is 18.0 Å². The molecular formula is C23H32N2O6. The van der Waals surface area contributed by atoms with Gasteiger partial charge in [0.2, 0.25) is 5.91 Å². The molecule has 2 aliphatic heterocycles. The number of aliphatic hydroxyl groups excluding tert-OH is 1. The summed E-state index contributed by atoms with van der Waals surface area (Å²) >= 11 is 0. The Morgan fingerprint density at radius 1 is 1.13 bits per heavy atom. The number of fused-ring (bicyclic) bond motifs is 1. The van der Waals surface area contributed by atoms with Crippen LogP contribution in [0.2, 0.25) is 0 Å². The van der Waals surface area contributed by atoms with Gasteiger partial charge in [0.15, 0.2) is 0 Å². The fourth-order valence-corrected chi connectivity index (χ4v) is 4.18. The maximum absolute atomic E-state index is 13.3. The quantitative estimate of drug-likeness (QED) is 0.709. The van der Waals surface area contributed by atoms with Crippen LogP contribution in [0.15, 0.2) is 30.3 Å². The zero-order valence-corrected chi connectivity index (χ0v) is 18.4. The number of rotatable bonds is 4. The Morgan fingerprint density at radius 2 is 1.84 bits per heavy atom.